The molecule has 18 heavy (non-hydrogen) atoms. The molecule has 0 spiro atoms. The van der Waals surface area contributed by atoms with Crippen molar-refractivity contribution in [3.63, 3.8) is 0 Å². The molecule has 0 saturated heterocycles. The lowest BCUT2D eigenvalue weighted by atomic mass is 9.95. The Labute approximate surface area is 110 Å². The smallest absolute Gasteiger partial charge is 0.0818 e. The summed E-state index contributed by atoms with van der Waals surface area (Å²) in [6, 6.07) is 4.25. The van der Waals surface area contributed by atoms with E-state index in [0.29, 0.717) is 6.10 Å². The van der Waals surface area contributed by atoms with Gasteiger partial charge in [0.1, 0.15) is 0 Å². The zero-order valence-electron chi connectivity index (χ0n) is 11.9. The van der Waals surface area contributed by atoms with Crippen LogP contribution in [0.2, 0.25) is 0 Å². The summed E-state index contributed by atoms with van der Waals surface area (Å²) in [5, 5.41) is 0. The van der Waals surface area contributed by atoms with Crippen LogP contribution in [0.3, 0.4) is 0 Å². The summed E-state index contributed by atoms with van der Waals surface area (Å²) >= 11 is 0. The largest absolute Gasteiger partial charge is 0.371 e. The van der Waals surface area contributed by atoms with E-state index in [4.69, 9.17) is 4.74 Å². The van der Waals surface area contributed by atoms with Crippen molar-refractivity contribution in [3.05, 3.63) is 29.1 Å². The van der Waals surface area contributed by atoms with E-state index in [1.54, 1.807) is 0 Å². The first-order chi connectivity index (χ1) is 8.56. The summed E-state index contributed by atoms with van der Waals surface area (Å²) in [6.45, 7) is 5.06. The first kappa shape index (κ1) is 13.5. The Morgan fingerprint density at radius 2 is 2.11 bits per heavy atom. The molecule has 0 aliphatic heterocycles. The highest BCUT2D eigenvalue weighted by molar-refractivity contribution is 5.25. The minimum absolute atomic E-state index is 0.151. The molecule has 0 aromatic carbocycles. The maximum atomic E-state index is 6.08. The molecule has 0 bridgehead atoms. The van der Waals surface area contributed by atoms with Gasteiger partial charge in [-0.2, -0.15) is 0 Å². The molecular weight excluding hydrogens is 224 g/mol. The normalized spacial score (nSPS) is 17.8. The van der Waals surface area contributed by atoms with Gasteiger partial charge < -0.3 is 9.64 Å². The Morgan fingerprint density at radius 1 is 1.39 bits per heavy atom. The third-order valence-electron chi connectivity index (χ3n) is 3.50. The number of nitrogens with zero attached hydrogens (tertiary/aromatic N) is 2. The van der Waals surface area contributed by atoms with Crippen molar-refractivity contribution in [2.24, 2.45) is 0 Å². The van der Waals surface area contributed by atoms with E-state index in [9.17, 15) is 0 Å². The van der Waals surface area contributed by atoms with Crippen molar-refractivity contribution in [2.75, 3.05) is 14.1 Å². The van der Waals surface area contributed by atoms with Crippen molar-refractivity contribution in [1.82, 2.24) is 9.88 Å². The molecule has 3 nitrogen and oxygen atoms in total. The summed E-state index contributed by atoms with van der Waals surface area (Å²) in [7, 11) is 4.15. The van der Waals surface area contributed by atoms with Gasteiger partial charge in [-0.15, -0.1) is 0 Å². The lowest BCUT2D eigenvalue weighted by Gasteiger charge is -2.30. The van der Waals surface area contributed by atoms with Gasteiger partial charge in [0, 0.05) is 17.8 Å². The Hall–Kier alpha value is -0.930. The molecule has 1 saturated carbocycles. The van der Waals surface area contributed by atoms with Gasteiger partial charge in [0.25, 0.3) is 0 Å². The number of ether oxygens (including phenoxy) is 1. The molecule has 2 rings (SSSR count). The van der Waals surface area contributed by atoms with Crippen molar-refractivity contribution >= 4 is 0 Å². The predicted molar refractivity (Wildman–Crippen MR) is 73.5 cm³/mol. The molecular formula is C15H24N2O. The maximum absolute atomic E-state index is 6.08. The second kappa shape index (κ2) is 5.81. The van der Waals surface area contributed by atoms with Crippen molar-refractivity contribution in [3.8, 4) is 0 Å². The average Bonchev–Trinajstić information content (AvgIpc) is 2.22. The van der Waals surface area contributed by atoms with E-state index in [-0.39, 0.29) is 6.10 Å². The van der Waals surface area contributed by atoms with Crippen LogP contribution in [0, 0.1) is 6.92 Å². The Kier molecular flexibility index (Phi) is 4.36. The molecule has 1 heterocycles. The minimum atomic E-state index is 0.151. The SMILES string of the molecule is Cc1ccc([C@@H](C)OC2CCC2)c(CN(C)C)n1. The highest BCUT2D eigenvalue weighted by atomic mass is 16.5. The molecule has 100 valence electrons. The number of aromatic nitrogens is 1. The highest BCUT2D eigenvalue weighted by Gasteiger charge is 2.22. The summed E-state index contributed by atoms with van der Waals surface area (Å²) in [5.41, 5.74) is 3.46. The van der Waals surface area contributed by atoms with Gasteiger partial charge in [0.2, 0.25) is 0 Å². The molecule has 3 heteroatoms. The number of rotatable bonds is 5. The number of aryl methyl sites for hydroxylation is 1. The van der Waals surface area contributed by atoms with E-state index >= 15 is 0 Å². The molecule has 1 atom stereocenters. The molecule has 0 amide bonds. The van der Waals surface area contributed by atoms with E-state index in [1.165, 1.54) is 24.8 Å². The summed E-state index contributed by atoms with van der Waals surface area (Å²) in [5.74, 6) is 0. The van der Waals surface area contributed by atoms with Crippen LogP contribution in [-0.4, -0.2) is 30.1 Å². The van der Waals surface area contributed by atoms with Crippen LogP contribution in [0.4, 0.5) is 0 Å². The van der Waals surface area contributed by atoms with Gasteiger partial charge in [-0.05, 0) is 53.3 Å². The average molecular weight is 248 g/mol. The summed E-state index contributed by atoms with van der Waals surface area (Å²) < 4.78 is 6.08. The van der Waals surface area contributed by atoms with Crippen LogP contribution in [0.5, 0.6) is 0 Å². The second-order valence-electron chi connectivity index (χ2n) is 5.56. The third-order valence-corrected chi connectivity index (χ3v) is 3.50. The van der Waals surface area contributed by atoms with Crippen LogP contribution >= 0.6 is 0 Å². The van der Waals surface area contributed by atoms with E-state index in [2.05, 4.69) is 43.0 Å². The molecule has 1 aromatic rings. The zero-order chi connectivity index (χ0) is 13.1. The van der Waals surface area contributed by atoms with Crippen molar-refractivity contribution in [1.29, 1.82) is 0 Å². The van der Waals surface area contributed by atoms with Crippen molar-refractivity contribution < 1.29 is 4.74 Å². The minimum Gasteiger partial charge on any atom is -0.371 e. The zero-order valence-corrected chi connectivity index (χ0v) is 11.9. The van der Waals surface area contributed by atoms with Gasteiger partial charge in [-0.3, -0.25) is 4.98 Å². The first-order valence-electron chi connectivity index (χ1n) is 6.83. The fourth-order valence-electron chi connectivity index (χ4n) is 2.29. The van der Waals surface area contributed by atoms with Crippen molar-refractivity contribution in [2.45, 2.75) is 51.9 Å². The number of hydrogen-bond donors (Lipinski definition) is 0. The van der Waals surface area contributed by atoms with E-state index < -0.39 is 0 Å². The van der Waals surface area contributed by atoms with Crippen LogP contribution in [0.15, 0.2) is 12.1 Å². The van der Waals surface area contributed by atoms with Crippen LogP contribution in [0.25, 0.3) is 0 Å². The van der Waals surface area contributed by atoms with Crippen LogP contribution in [0.1, 0.15) is 49.2 Å². The van der Waals surface area contributed by atoms with Gasteiger partial charge in [0.15, 0.2) is 0 Å². The van der Waals surface area contributed by atoms with E-state index in [1.807, 2.05) is 6.92 Å². The third kappa shape index (κ3) is 3.30. The highest BCUT2D eigenvalue weighted by Crippen LogP contribution is 2.30. The quantitative estimate of drug-likeness (QED) is 0.800. The molecule has 1 aromatic heterocycles. The number of hydrogen-bond acceptors (Lipinski definition) is 3. The molecule has 0 radical (unpaired) electrons. The lowest BCUT2D eigenvalue weighted by Crippen LogP contribution is -2.24. The lowest BCUT2D eigenvalue weighted by molar-refractivity contribution is -0.0451. The van der Waals surface area contributed by atoms with E-state index in [0.717, 1.165) is 17.9 Å². The molecule has 1 aliphatic carbocycles. The Bertz CT molecular complexity index is 399. The fourth-order valence-corrected chi connectivity index (χ4v) is 2.29. The van der Waals surface area contributed by atoms with Crippen LogP contribution in [-0.2, 0) is 11.3 Å². The van der Waals surface area contributed by atoms with Crippen LogP contribution < -0.4 is 0 Å². The fraction of sp³-hybridized carbons (Fsp3) is 0.667. The van der Waals surface area contributed by atoms with Gasteiger partial charge in [-0.1, -0.05) is 6.07 Å². The first-order valence-corrected chi connectivity index (χ1v) is 6.83. The Balaban J connectivity index is 2.13. The summed E-state index contributed by atoms with van der Waals surface area (Å²) in [4.78, 5) is 6.82. The molecule has 0 N–H and O–H groups in total. The molecule has 1 aliphatic rings. The number of pyridine rings is 1. The molecule has 1 fully saturated rings. The molecule has 0 unspecified atom stereocenters. The topological polar surface area (TPSA) is 25.4 Å². The Morgan fingerprint density at radius 3 is 2.67 bits per heavy atom. The van der Waals surface area contributed by atoms with Gasteiger partial charge >= 0.3 is 0 Å². The monoisotopic (exact) mass is 248 g/mol. The van der Waals surface area contributed by atoms with Gasteiger partial charge in [0.05, 0.1) is 17.9 Å². The van der Waals surface area contributed by atoms with Gasteiger partial charge in [-0.25, -0.2) is 0 Å². The predicted octanol–water partition coefficient (Wildman–Crippen LogP) is 3.08. The second-order valence-corrected chi connectivity index (χ2v) is 5.56. The standard InChI is InChI=1S/C15H24N2O/c1-11-8-9-14(15(16-11)10-17(3)4)12(2)18-13-6-5-7-13/h8-9,12-13H,5-7,10H2,1-4H3/t12-/m1/s1. The maximum Gasteiger partial charge on any atom is 0.0818 e. The summed E-state index contributed by atoms with van der Waals surface area (Å²) in [6.07, 6.45) is 4.36.